The molecule has 102 valence electrons. The molecule has 0 bridgehead atoms. The maximum Gasteiger partial charge on any atom is 0.229 e. The number of aromatic nitrogens is 2. The van der Waals surface area contributed by atoms with Crippen molar-refractivity contribution in [3.05, 3.63) is 12.3 Å². The molecule has 0 aliphatic carbocycles. The van der Waals surface area contributed by atoms with Crippen LogP contribution in [0.5, 0.6) is 0 Å². The lowest BCUT2D eigenvalue weighted by molar-refractivity contribution is -0.148. The Morgan fingerprint density at radius 2 is 2.00 bits per heavy atom. The van der Waals surface area contributed by atoms with Gasteiger partial charge >= 0.3 is 0 Å². The highest BCUT2D eigenvalue weighted by atomic mass is 16.2. The lowest BCUT2D eigenvalue weighted by atomic mass is 10.1. The molecule has 0 radical (unpaired) electrons. The Labute approximate surface area is 110 Å². The Hall–Kier alpha value is -2.18. The first-order chi connectivity index (χ1) is 9.08. The van der Waals surface area contributed by atoms with Gasteiger partial charge in [0.2, 0.25) is 17.7 Å². The molecule has 1 aromatic heterocycles. The number of nitrogens with zero attached hydrogens (tertiary/aromatic N) is 3. The van der Waals surface area contributed by atoms with Crippen molar-refractivity contribution in [3.8, 4) is 0 Å². The van der Waals surface area contributed by atoms with Crippen LogP contribution in [0.15, 0.2) is 12.3 Å². The minimum atomic E-state index is -0.188. The van der Waals surface area contributed by atoms with E-state index in [1.807, 2.05) is 0 Å². The highest BCUT2D eigenvalue weighted by Crippen LogP contribution is 2.13. The highest BCUT2D eigenvalue weighted by molar-refractivity contribution is 5.97. The van der Waals surface area contributed by atoms with Gasteiger partial charge in [0, 0.05) is 32.4 Å². The van der Waals surface area contributed by atoms with Crippen LogP contribution in [-0.4, -0.2) is 38.9 Å². The van der Waals surface area contributed by atoms with E-state index in [1.165, 1.54) is 11.8 Å². The van der Waals surface area contributed by atoms with E-state index < -0.39 is 0 Å². The summed E-state index contributed by atoms with van der Waals surface area (Å²) in [5, 5.41) is 6.69. The van der Waals surface area contributed by atoms with E-state index in [9.17, 15) is 14.4 Å². The maximum atomic E-state index is 11.6. The summed E-state index contributed by atoms with van der Waals surface area (Å²) >= 11 is 0. The van der Waals surface area contributed by atoms with E-state index in [0.29, 0.717) is 31.6 Å². The van der Waals surface area contributed by atoms with E-state index in [-0.39, 0.29) is 24.3 Å². The van der Waals surface area contributed by atoms with Gasteiger partial charge in [0.25, 0.3) is 0 Å². The number of carbonyl (C=O) groups is 3. The number of imide groups is 1. The molecule has 0 aromatic carbocycles. The van der Waals surface area contributed by atoms with Gasteiger partial charge in [0.1, 0.15) is 5.82 Å². The monoisotopic (exact) mass is 264 g/mol. The zero-order valence-corrected chi connectivity index (χ0v) is 10.8. The van der Waals surface area contributed by atoms with E-state index in [1.54, 1.807) is 16.9 Å². The fourth-order valence-corrected chi connectivity index (χ4v) is 2.04. The summed E-state index contributed by atoms with van der Waals surface area (Å²) in [6.07, 6.45) is 3.03. The minimum absolute atomic E-state index is 0.135. The van der Waals surface area contributed by atoms with Gasteiger partial charge in [-0.25, -0.2) is 4.68 Å². The molecule has 1 N–H and O–H groups in total. The summed E-state index contributed by atoms with van der Waals surface area (Å²) in [5.74, 6) is 0.102. The summed E-state index contributed by atoms with van der Waals surface area (Å²) in [6.45, 7) is 2.07. The topological polar surface area (TPSA) is 84.3 Å². The molecular weight excluding hydrogens is 248 g/mol. The van der Waals surface area contributed by atoms with Gasteiger partial charge in [0.05, 0.1) is 12.7 Å². The number of carbonyl (C=O) groups excluding carboxylic acids is 3. The summed E-state index contributed by atoms with van der Waals surface area (Å²) in [4.78, 5) is 35.5. The van der Waals surface area contributed by atoms with Crippen molar-refractivity contribution in [1.82, 2.24) is 14.7 Å². The Morgan fingerprint density at radius 1 is 1.32 bits per heavy atom. The molecular formula is C12H16N4O3. The lowest BCUT2D eigenvalue weighted by Crippen LogP contribution is -2.42. The van der Waals surface area contributed by atoms with Crippen LogP contribution in [-0.2, 0) is 20.9 Å². The number of amides is 3. The van der Waals surface area contributed by atoms with Crippen molar-refractivity contribution >= 4 is 23.5 Å². The first-order valence-corrected chi connectivity index (χ1v) is 6.20. The predicted octanol–water partition coefficient (Wildman–Crippen LogP) is 0.381. The number of rotatable bonds is 4. The molecule has 2 heterocycles. The quantitative estimate of drug-likeness (QED) is 0.797. The Bertz CT molecular complexity index is 493. The zero-order valence-electron chi connectivity index (χ0n) is 10.8. The van der Waals surface area contributed by atoms with Crippen LogP contribution >= 0.6 is 0 Å². The third kappa shape index (κ3) is 3.18. The Balaban J connectivity index is 1.98. The van der Waals surface area contributed by atoms with Crippen LogP contribution in [0.2, 0.25) is 0 Å². The third-order valence-corrected chi connectivity index (χ3v) is 2.94. The molecule has 1 aromatic rings. The van der Waals surface area contributed by atoms with Crippen LogP contribution in [0.1, 0.15) is 26.2 Å². The number of likely N-dealkylation sites (tertiary alicyclic amines) is 1. The van der Waals surface area contributed by atoms with Gasteiger partial charge in [-0.1, -0.05) is 0 Å². The molecule has 1 aliphatic rings. The van der Waals surface area contributed by atoms with E-state index in [2.05, 4.69) is 10.4 Å². The van der Waals surface area contributed by atoms with Crippen LogP contribution in [0.3, 0.4) is 0 Å². The van der Waals surface area contributed by atoms with E-state index in [4.69, 9.17) is 0 Å². The van der Waals surface area contributed by atoms with Gasteiger partial charge in [-0.3, -0.25) is 19.3 Å². The van der Waals surface area contributed by atoms with Crippen molar-refractivity contribution < 1.29 is 14.4 Å². The molecule has 1 aliphatic heterocycles. The Kier molecular flexibility index (Phi) is 3.94. The molecule has 1 saturated heterocycles. The molecule has 0 atom stereocenters. The number of piperidine rings is 1. The maximum absolute atomic E-state index is 11.6. The Morgan fingerprint density at radius 3 is 2.63 bits per heavy atom. The van der Waals surface area contributed by atoms with Crippen LogP contribution < -0.4 is 5.32 Å². The van der Waals surface area contributed by atoms with Gasteiger partial charge in [-0.05, 0) is 6.42 Å². The smallest absolute Gasteiger partial charge is 0.229 e. The molecule has 7 heteroatoms. The van der Waals surface area contributed by atoms with Gasteiger partial charge in [-0.15, -0.1) is 0 Å². The molecule has 0 saturated carbocycles. The fourth-order valence-electron chi connectivity index (χ4n) is 2.04. The SMILES string of the molecule is CC(=O)Nc1ccnn1CCN1C(=O)CCCC1=O. The third-order valence-electron chi connectivity index (χ3n) is 2.94. The second kappa shape index (κ2) is 5.64. The van der Waals surface area contributed by atoms with Crippen molar-refractivity contribution in [1.29, 1.82) is 0 Å². The summed E-state index contributed by atoms with van der Waals surface area (Å²) < 4.78 is 1.57. The van der Waals surface area contributed by atoms with E-state index >= 15 is 0 Å². The molecule has 1 fully saturated rings. The minimum Gasteiger partial charge on any atom is -0.311 e. The second-order valence-corrected chi connectivity index (χ2v) is 4.41. The number of hydrogen-bond donors (Lipinski definition) is 1. The van der Waals surface area contributed by atoms with Crippen molar-refractivity contribution in [2.45, 2.75) is 32.7 Å². The van der Waals surface area contributed by atoms with Crippen molar-refractivity contribution in [2.75, 3.05) is 11.9 Å². The number of nitrogens with one attached hydrogen (secondary N) is 1. The molecule has 19 heavy (non-hydrogen) atoms. The average Bonchev–Trinajstić information content (AvgIpc) is 2.75. The van der Waals surface area contributed by atoms with Crippen LogP contribution in [0.25, 0.3) is 0 Å². The molecule has 0 spiro atoms. The highest BCUT2D eigenvalue weighted by Gasteiger charge is 2.25. The zero-order chi connectivity index (χ0) is 13.8. The first-order valence-electron chi connectivity index (χ1n) is 6.20. The molecule has 7 nitrogen and oxygen atoms in total. The molecule has 3 amide bonds. The average molecular weight is 264 g/mol. The summed E-state index contributed by atoms with van der Waals surface area (Å²) in [5.41, 5.74) is 0. The first kappa shape index (κ1) is 13.3. The number of anilines is 1. The second-order valence-electron chi connectivity index (χ2n) is 4.41. The molecule has 2 rings (SSSR count). The lowest BCUT2D eigenvalue weighted by Gasteiger charge is -2.24. The van der Waals surface area contributed by atoms with Gasteiger partial charge in [-0.2, -0.15) is 5.10 Å². The number of hydrogen-bond acceptors (Lipinski definition) is 4. The van der Waals surface area contributed by atoms with Gasteiger partial charge in [0.15, 0.2) is 0 Å². The van der Waals surface area contributed by atoms with Crippen LogP contribution in [0.4, 0.5) is 5.82 Å². The largest absolute Gasteiger partial charge is 0.311 e. The van der Waals surface area contributed by atoms with Crippen LogP contribution in [0, 0.1) is 0 Å². The normalized spacial score (nSPS) is 15.7. The summed E-state index contributed by atoms with van der Waals surface area (Å²) in [7, 11) is 0. The van der Waals surface area contributed by atoms with E-state index in [0.717, 1.165) is 0 Å². The molecule has 0 unspecified atom stereocenters. The van der Waals surface area contributed by atoms with Crippen molar-refractivity contribution in [2.24, 2.45) is 0 Å². The summed E-state index contributed by atoms with van der Waals surface area (Å²) in [6, 6.07) is 1.67. The standard InChI is InChI=1S/C12H16N4O3/c1-9(17)14-10-5-6-13-16(10)8-7-15-11(18)3-2-4-12(15)19/h5-6H,2-4,7-8H2,1H3,(H,14,17). The van der Waals surface area contributed by atoms with Crippen molar-refractivity contribution in [3.63, 3.8) is 0 Å². The van der Waals surface area contributed by atoms with Gasteiger partial charge < -0.3 is 5.32 Å². The fraction of sp³-hybridized carbons (Fsp3) is 0.500. The predicted molar refractivity (Wildman–Crippen MR) is 67.1 cm³/mol.